The first-order valence-electron chi connectivity index (χ1n) is 10.7. The molecule has 2 aromatic carbocycles. The van der Waals surface area contributed by atoms with Crippen molar-refractivity contribution in [3.8, 4) is 0 Å². The van der Waals surface area contributed by atoms with Gasteiger partial charge in [-0.05, 0) is 67.8 Å². The van der Waals surface area contributed by atoms with Gasteiger partial charge in [-0.3, -0.25) is 4.99 Å². The number of nitrogens with zero attached hydrogens (tertiary/aromatic N) is 1. The fourth-order valence-corrected chi connectivity index (χ4v) is 3.26. The molecule has 0 aliphatic carbocycles. The van der Waals surface area contributed by atoms with Crippen molar-refractivity contribution in [1.82, 2.24) is 5.32 Å². The smallest absolute Gasteiger partial charge is 0.151 e. The van der Waals surface area contributed by atoms with E-state index in [2.05, 4.69) is 47.7 Å². The van der Waals surface area contributed by atoms with Gasteiger partial charge in [0.05, 0.1) is 5.69 Å². The third-order valence-electron chi connectivity index (χ3n) is 5.01. The highest BCUT2D eigenvalue weighted by Gasteiger charge is 2.15. The van der Waals surface area contributed by atoms with Gasteiger partial charge in [-0.25, -0.2) is 4.39 Å². The predicted molar refractivity (Wildman–Crippen MR) is 130 cm³/mol. The zero-order valence-electron chi connectivity index (χ0n) is 19.2. The van der Waals surface area contributed by atoms with Gasteiger partial charge in [-0.15, -0.1) is 0 Å². The zero-order valence-corrected chi connectivity index (χ0v) is 19.2. The summed E-state index contributed by atoms with van der Waals surface area (Å²) in [7, 11) is 1.66. The number of hydrogen-bond donors (Lipinski definition) is 2. The first-order chi connectivity index (χ1) is 15.0. The third kappa shape index (κ3) is 7.37. The van der Waals surface area contributed by atoms with Crippen molar-refractivity contribution in [2.75, 3.05) is 19.0 Å². The number of ether oxygens (including phenoxy) is 1. The van der Waals surface area contributed by atoms with Gasteiger partial charge in [0.15, 0.2) is 6.23 Å². The minimum Gasteiger partial charge on any atom is -0.384 e. The van der Waals surface area contributed by atoms with E-state index in [0.717, 1.165) is 35.6 Å². The van der Waals surface area contributed by atoms with E-state index in [1.165, 1.54) is 17.7 Å². The van der Waals surface area contributed by atoms with Gasteiger partial charge in [0, 0.05) is 37.2 Å². The highest BCUT2D eigenvalue weighted by molar-refractivity contribution is 5.64. The van der Waals surface area contributed by atoms with Crippen LogP contribution in [0, 0.1) is 5.82 Å². The normalized spacial score (nSPS) is 14.5. The molecule has 31 heavy (non-hydrogen) atoms. The fourth-order valence-electron chi connectivity index (χ4n) is 3.26. The van der Waals surface area contributed by atoms with Crippen LogP contribution < -0.4 is 10.6 Å². The Hall–Kier alpha value is -2.92. The van der Waals surface area contributed by atoms with E-state index in [4.69, 9.17) is 4.74 Å². The molecule has 0 heterocycles. The maximum Gasteiger partial charge on any atom is 0.151 e. The molecular formula is C26H34FN3O. The van der Waals surface area contributed by atoms with E-state index >= 15 is 0 Å². The summed E-state index contributed by atoms with van der Waals surface area (Å²) in [6.07, 6.45) is 6.55. The molecule has 0 fully saturated rings. The van der Waals surface area contributed by atoms with Crippen LogP contribution in [0.1, 0.15) is 45.6 Å². The Bertz CT molecular complexity index is 903. The van der Waals surface area contributed by atoms with Crippen LogP contribution in [0.5, 0.6) is 0 Å². The summed E-state index contributed by atoms with van der Waals surface area (Å²) in [6, 6.07) is 14.5. The molecule has 2 unspecified atom stereocenters. The molecule has 2 rings (SSSR count). The molecule has 0 aliphatic heterocycles. The maximum absolute atomic E-state index is 13.2. The fraction of sp³-hybridized carbons (Fsp3) is 0.346. The molecule has 0 bridgehead atoms. The second-order valence-corrected chi connectivity index (χ2v) is 7.42. The summed E-state index contributed by atoms with van der Waals surface area (Å²) in [4.78, 5) is 4.60. The first-order valence-corrected chi connectivity index (χ1v) is 10.7. The summed E-state index contributed by atoms with van der Waals surface area (Å²) in [5.74, 6) is 0.00454. The van der Waals surface area contributed by atoms with Gasteiger partial charge in [0.2, 0.25) is 0 Å². The average Bonchev–Trinajstić information content (AvgIpc) is 2.79. The van der Waals surface area contributed by atoms with Crippen LogP contribution in [-0.4, -0.2) is 26.1 Å². The number of aliphatic imine (C=N–C) groups is 1. The van der Waals surface area contributed by atoms with Crippen molar-refractivity contribution >= 4 is 17.6 Å². The molecule has 2 aromatic rings. The molecule has 5 heteroatoms. The summed E-state index contributed by atoms with van der Waals surface area (Å²) in [6.45, 7) is 9.04. The molecule has 0 amide bonds. The quantitative estimate of drug-likeness (QED) is 0.244. The highest BCUT2D eigenvalue weighted by Crippen LogP contribution is 2.26. The van der Waals surface area contributed by atoms with Crippen molar-refractivity contribution < 1.29 is 9.13 Å². The highest BCUT2D eigenvalue weighted by atomic mass is 19.1. The van der Waals surface area contributed by atoms with Crippen molar-refractivity contribution in [2.45, 2.75) is 46.3 Å². The Morgan fingerprint density at radius 2 is 1.87 bits per heavy atom. The summed E-state index contributed by atoms with van der Waals surface area (Å²) in [5.41, 5.74) is 5.02. The largest absolute Gasteiger partial charge is 0.384 e. The van der Waals surface area contributed by atoms with Crippen LogP contribution in [0.3, 0.4) is 0 Å². The Morgan fingerprint density at radius 3 is 2.52 bits per heavy atom. The Morgan fingerprint density at radius 1 is 1.16 bits per heavy atom. The number of halogens is 1. The molecule has 0 aliphatic rings. The van der Waals surface area contributed by atoms with Crippen molar-refractivity contribution in [1.29, 1.82) is 0 Å². The zero-order chi connectivity index (χ0) is 22.6. The SMILES string of the molecule is C/C=C\C(NCC(C)c1ccccc1/N=C\CC)=C(/C)C(Nc1ccc(F)cc1)OC. The second-order valence-electron chi connectivity index (χ2n) is 7.42. The molecule has 2 N–H and O–H groups in total. The third-order valence-corrected chi connectivity index (χ3v) is 5.01. The number of methoxy groups -OCH3 is 1. The molecular weight excluding hydrogens is 389 g/mol. The van der Waals surface area contributed by atoms with Crippen molar-refractivity contribution in [3.63, 3.8) is 0 Å². The number of hydrogen-bond acceptors (Lipinski definition) is 4. The van der Waals surface area contributed by atoms with E-state index in [9.17, 15) is 4.39 Å². The minimum atomic E-state index is -0.346. The summed E-state index contributed by atoms with van der Waals surface area (Å²) < 4.78 is 18.9. The Kier molecular flexibility index (Phi) is 9.98. The number of nitrogens with one attached hydrogen (secondary N) is 2. The lowest BCUT2D eigenvalue weighted by Gasteiger charge is -2.23. The van der Waals surface area contributed by atoms with Crippen LogP contribution in [-0.2, 0) is 4.74 Å². The Balaban J connectivity index is 2.17. The minimum absolute atomic E-state index is 0.263. The van der Waals surface area contributed by atoms with Crippen LogP contribution in [0.4, 0.5) is 15.8 Å². The van der Waals surface area contributed by atoms with Crippen molar-refractivity contribution in [3.05, 3.63) is 83.3 Å². The molecule has 0 radical (unpaired) electrons. The van der Waals surface area contributed by atoms with E-state index in [1.807, 2.05) is 38.3 Å². The van der Waals surface area contributed by atoms with Gasteiger partial charge >= 0.3 is 0 Å². The van der Waals surface area contributed by atoms with Crippen molar-refractivity contribution in [2.24, 2.45) is 4.99 Å². The van der Waals surface area contributed by atoms with Gasteiger partial charge in [0.1, 0.15) is 5.82 Å². The van der Waals surface area contributed by atoms with E-state index in [0.29, 0.717) is 0 Å². The molecule has 4 nitrogen and oxygen atoms in total. The van der Waals surface area contributed by atoms with E-state index in [-0.39, 0.29) is 18.0 Å². The first kappa shape index (κ1) is 24.4. The molecule has 0 saturated heterocycles. The number of para-hydroxylation sites is 1. The lowest BCUT2D eigenvalue weighted by Crippen LogP contribution is -2.28. The second kappa shape index (κ2) is 12.7. The Labute approximate surface area is 185 Å². The lowest BCUT2D eigenvalue weighted by molar-refractivity contribution is 0.152. The van der Waals surface area contributed by atoms with Gasteiger partial charge < -0.3 is 15.4 Å². The number of anilines is 1. The van der Waals surface area contributed by atoms with Gasteiger partial charge in [0.25, 0.3) is 0 Å². The van der Waals surface area contributed by atoms with Crippen LogP contribution in [0.2, 0.25) is 0 Å². The number of benzene rings is 2. The summed E-state index contributed by atoms with van der Waals surface area (Å²) in [5, 5.41) is 6.88. The number of allylic oxidation sites excluding steroid dienone is 2. The monoisotopic (exact) mass is 423 g/mol. The average molecular weight is 424 g/mol. The number of rotatable bonds is 11. The lowest BCUT2D eigenvalue weighted by atomic mass is 9.99. The van der Waals surface area contributed by atoms with Crippen LogP contribution >= 0.6 is 0 Å². The molecule has 0 saturated carbocycles. The summed E-state index contributed by atoms with van der Waals surface area (Å²) >= 11 is 0. The van der Waals surface area contributed by atoms with Gasteiger partial charge in [-0.2, -0.15) is 0 Å². The molecule has 2 atom stereocenters. The van der Waals surface area contributed by atoms with Crippen LogP contribution in [0.25, 0.3) is 0 Å². The van der Waals surface area contributed by atoms with E-state index < -0.39 is 0 Å². The topological polar surface area (TPSA) is 45.7 Å². The van der Waals surface area contributed by atoms with Gasteiger partial charge in [-0.1, -0.05) is 38.1 Å². The predicted octanol–water partition coefficient (Wildman–Crippen LogP) is 6.57. The molecule has 0 aromatic heterocycles. The molecule has 166 valence electrons. The standard InChI is InChI=1S/C26H34FN3O/c1-6-10-24(20(4)26(31-5)30-22-15-13-21(27)14-16-22)29-18-19(3)23-11-8-9-12-25(23)28-17-7-2/h6,8-17,19,26,29-30H,7,18H2,1-5H3/b10-6-,24-20-,28-17-. The molecule has 0 spiro atoms. The maximum atomic E-state index is 13.2. The van der Waals surface area contributed by atoms with E-state index in [1.54, 1.807) is 19.2 Å². The van der Waals surface area contributed by atoms with Crippen LogP contribution in [0.15, 0.2) is 76.9 Å².